The van der Waals surface area contributed by atoms with Gasteiger partial charge in [-0.05, 0) is 55.9 Å². The minimum atomic E-state index is -0.336. The molecule has 0 unspecified atom stereocenters. The van der Waals surface area contributed by atoms with Crippen LogP contribution in [0.1, 0.15) is 47.9 Å². The molecule has 0 radical (unpaired) electrons. The highest BCUT2D eigenvalue weighted by atomic mass is 16.3. The summed E-state index contributed by atoms with van der Waals surface area (Å²) in [6.45, 7) is 2.75. The molecular formula is C35H28N4O6. The number of hydrogen-bond donors (Lipinski definition) is 2. The standard InChI is InChI=1S/C35H28N4O6/c40-32-24-12-10-22-20-6-1-3-8-26(20)44-30(22)28(24)34(42)38(32)18-16-36-14-5-15-37-17-19-39-33(41)25-13-11-23-21-7-2-4-9-27(21)45-31(23)29(25)35(39)43/h1-4,6-13,36-37H,5,14-19H2. The van der Waals surface area contributed by atoms with Gasteiger partial charge >= 0.3 is 0 Å². The molecule has 224 valence electrons. The third kappa shape index (κ3) is 4.25. The average molecular weight is 601 g/mol. The van der Waals surface area contributed by atoms with Crippen LogP contribution in [0.4, 0.5) is 0 Å². The lowest BCUT2D eigenvalue weighted by Crippen LogP contribution is -2.38. The van der Waals surface area contributed by atoms with Crippen LogP contribution in [0.3, 0.4) is 0 Å². The zero-order valence-electron chi connectivity index (χ0n) is 24.2. The van der Waals surface area contributed by atoms with Gasteiger partial charge < -0.3 is 19.5 Å². The van der Waals surface area contributed by atoms with Crippen molar-refractivity contribution in [2.24, 2.45) is 0 Å². The molecule has 0 atom stereocenters. The number of carbonyl (C=O) groups excluding carboxylic acids is 4. The monoisotopic (exact) mass is 600 g/mol. The zero-order valence-corrected chi connectivity index (χ0v) is 24.2. The third-order valence-corrected chi connectivity index (χ3v) is 8.69. The molecule has 10 nitrogen and oxygen atoms in total. The summed E-state index contributed by atoms with van der Waals surface area (Å²) in [5, 5.41) is 10.0. The van der Waals surface area contributed by atoms with E-state index in [9.17, 15) is 19.2 Å². The molecule has 0 aliphatic carbocycles. The van der Waals surface area contributed by atoms with Crippen LogP contribution in [0.15, 0.2) is 81.6 Å². The Morgan fingerprint density at radius 2 is 0.933 bits per heavy atom. The molecular weight excluding hydrogens is 572 g/mol. The van der Waals surface area contributed by atoms with Crippen molar-refractivity contribution in [3.8, 4) is 0 Å². The number of carbonyl (C=O) groups is 4. The highest BCUT2D eigenvalue weighted by molar-refractivity contribution is 6.28. The van der Waals surface area contributed by atoms with Crippen molar-refractivity contribution in [3.05, 3.63) is 95.1 Å². The smallest absolute Gasteiger partial charge is 0.265 e. The van der Waals surface area contributed by atoms with E-state index in [1.807, 2.05) is 60.7 Å². The van der Waals surface area contributed by atoms with Gasteiger partial charge in [-0.25, -0.2) is 0 Å². The van der Waals surface area contributed by atoms with Gasteiger partial charge in [0.25, 0.3) is 23.6 Å². The Kier molecular flexibility index (Phi) is 6.47. The van der Waals surface area contributed by atoms with E-state index in [1.165, 1.54) is 9.80 Å². The number of rotatable bonds is 10. The number of amides is 4. The summed E-state index contributed by atoms with van der Waals surface area (Å²) >= 11 is 0. The van der Waals surface area contributed by atoms with Gasteiger partial charge in [-0.2, -0.15) is 0 Å². The third-order valence-electron chi connectivity index (χ3n) is 8.69. The molecule has 4 heterocycles. The Bertz CT molecular complexity index is 2060. The summed E-state index contributed by atoms with van der Waals surface area (Å²) in [6, 6.07) is 22.3. The molecule has 2 N–H and O–H groups in total. The van der Waals surface area contributed by atoms with Crippen LogP contribution in [0.5, 0.6) is 0 Å². The largest absolute Gasteiger partial charge is 0.455 e. The number of benzene rings is 4. The maximum absolute atomic E-state index is 13.2. The molecule has 0 spiro atoms. The van der Waals surface area contributed by atoms with E-state index in [1.54, 1.807) is 12.1 Å². The Balaban J connectivity index is 0.804. The van der Waals surface area contributed by atoms with Crippen LogP contribution in [-0.2, 0) is 0 Å². The zero-order chi connectivity index (χ0) is 30.7. The minimum absolute atomic E-state index is 0.250. The SMILES string of the molecule is O=C1c2ccc3c(oc4ccccc43)c2C(=O)N1CCNCCCNCCN1C(=O)c2ccc3c(oc4ccccc43)c2C1=O. The van der Waals surface area contributed by atoms with Gasteiger partial charge in [0.2, 0.25) is 0 Å². The first-order valence-corrected chi connectivity index (χ1v) is 15.1. The normalized spacial score (nSPS) is 14.7. The van der Waals surface area contributed by atoms with Crippen LogP contribution < -0.4 is 10.6 Å². The minimum Gasteiger partial charge on any atom is -0.455 e. The lowest BCUT2D eigenvalue weighted by molar-refractivity contribution is 0.0641. The summed E-state index contributed by atoms with van der Waals surface area (Å²) < 4.78 is 11.9. The van der Waals surface area contributed by atoms with Crippen LogP contribution >= 0.6 is 0 Å². The fourth-order valence-corrected chi connectivity index (χ4v) is 6.48. The first-order valence-electron chi connectivity index (χ1n) is 15.1. The maximum atomic E-state index is 13.2. The number of hydrogen-bond acceptors (Lipinski definition) is 8. The van der Waals surface area contributed by atoms with Crippen molar-refractivity contribution >= 4 is 67.5 Å². The van der Waals surface area contributed by atoms with Crippen LogP contribution in [-0.4, -0.2) is 72.7 Å². The summed E-state index contributed by atoms with van der Waals surface area (Å²) in [4.78, 5) is 55.0. The number of nitrogens with zero attached hydrogens (tertiary/aromatic N) is 2. The van der Waals surface area contributed by atoms with E-state index in [0.717, 1.165) is 28.0 Å². The molecule has 10 heteroatoms. The highest BCUT2D eigenvalue weighted by Gasteiger charge is 2.39. The van der Waals surface area contributed by atoms with E-state index in [-0.39, 0.29) is 36.7 Å². The van der Waals surface area contributed by atoms with E-state index in [2.05, 4.69) is 10.6 Å². The topological polar surface area (TPSA) is 125 Å². The first kappa shape index (κ1) is 27.2. The second kappa shape index (κ2) is 10.7. The number of fused-ring (bicyclic) bond motifs is 10. The molecule has 0 saturated carbocycles. The summed E-state index contributed by atoms with van der Waals surface area (Å²) in [5.41, 5.74) is 3.68. The number of para-hydroxylation sites is 2. The van der Waals surface area contributed by atoms with Gasteiger partial charge in [-0.3, -0.25) is 29.0 Å². The van der Waals surface area contributed by atoms with Gasteiger partial charge in [0, 0.05) is 47.7 Å². The van der Waals surface area contributed by atoms with Crippen molar-refractivity contribution < 1.29 is 28.0 Å². The van der Waals surface area contributed by atoms with Crippen molar-refractivity contribution in [3.63, 3.8) is 0 Å². The molecule has 8 rings (SSSR count). The molecule has 0 fully saturated rings. The van der Waals surface area contributed by atoms with E-state index >= 15 is 0 Å². The predicted octanol–water partition coefficient (Wildman–Crippen LogP) is 4.95. The van der Waals surface area contributed by atoms with Gasteiger partial charge in [-0.1, -0.05) is 36.4 Å². The van der Waals surface area contributed by atoms with Gasteiger partial charge in [0.1, 0.15) is 22.3 Å². The van der Waals surface area contributed by atoms with Crippen molar-refractivity contribution in [2.75, 3.05) is 39.3 Å². The molecule has 4 aromatic carbocycles. The van der Waals surface area contributed by atoms with Gasteiger partial charge in [-0.15, -0.1) is 0 Å². The van der Waals surface area contributed by atoms with Crippen LogP contribution in [0.2, 0.25) is 0 Å². The Labute approximate surface area is 256 Å². The van der Waals surface area contributed by atoms with Crippen molar-refractivity contribution in [1.82, 2.24) is 20.4 Å². The Morgan fingerprint density at radius 3 is 1.40 bits per heavy atom. The molecule has 0 bridgehead atoms. The highest BCUT2D eigenvalue weighted by Crippen LogP contribution is 2.37. The Hall–Kier alpha value is -5.32. The van der Waals surface area contributed by atoms with Crippen molar-refractivity contribution in [1.29, 1.82) is 0 Å². The quantitative estimate of drug-likeness (QED) is 0.167. The Morgan fingerprint density at radius 1 is 0.489 bits per heavy atom. The fraction of sp³-hybridized carbons (Fsp3) is 0.200. The number of nitrogens with one attached hydrogen (secondary N) is 2. The average Bonchev–Trinajstić information content (AvgIpc) is 3.76. The molecule has 4 amide bonds. The van der Waals surface area contributed by atoms with E-state index < -0.39 is 0 Å². The summed E-state index contributed by atoms with van der Waals surface area (Å²) in [5.74, 6) is -1.29. The van der Waals surface area contributed by atoms with Gasteiger partial charge in [0.15, 0.2) is 0 Å². The van der Waals surface area contributed by atoms with Crippen LogP contribution in [0.25, 0.3) is 43.9 Å². The van der Waals surface area contributed by atoms with E-state index in [0.29, 0.717) is 70.8 Å². The lowest BCUT2D eigenvalue weighted by Gasteiger charge is -2.15. The molecule has 2 aliphatic rings. The molecule has 0 saturated heterocycles. The number of imide groups is 2. The predicted molar refractivity (Wildman–Crippen MR) is 169 cm³/mol. The van der Waals surface area contributed by atoms with Gasteiger partial charge in [0.05, 0.1) is 22.3 Å². The molecule has 45 heavy (non-hydrogen) atoms. The first-order chi connectivity index (χ1) is 22.0. The second-order valence-corrected chi connectivity index (χ2v) is 11.3. The summed E-state index contributed by atoms with van der Waals surface area (Å²) in [7, 11) is 0. The van der Waals surface area contributed by atoms with E-state index in [4.69, 9.17) is 8.83 Å². The number of furan rings is 2. The lowest BCUT2D eigenvalue weighted by atomic mass is 10.0. The van der Waals surface area contributed by atoms with Crippen LogP contribution in [0, 0.1) is 0 Å². The van der Waals surface area contributed by atoms with Crippen molar-refractivity contribution in [2.45, 2.75) is 6.42 Å². The molecule has 6 aromatic rings. The molecule has 2 aromatic heterocycles. The maximum Gasteiger partial charge on any atom is 0.265 e. The molecule has 2 aliphatic heterocycles. The second-order valence-electron chi connectivity index (χ2n) is 11.3. The fourth-order valence-electron chi connectivity index (χ4n) is 6.48. The summed E-state index contributed by atoms with van der Waals surface area (Å²) in [6.07, 6.45) is 0.781.